The molecule has 1 atom stereocenters. The summed E-state index contributed by atoms with van der Waals surface area (Å²) in [4.78, 5) is 10.4. The predicted molar refractivity (Wildman–Crippen MR) is 84.1 cm³/mol. The van der Waals surface area contributed by atoms with Gasteiger partial charge in [0, 0.05) is 36.9 Å². The molecule has 1 aromatic carbocycles. The molecule has 0 bridgehead atoms. The minimum absolute atomic E-state index is 0.254. The van der Waals surface area contributed by atoms with E-state index in [9.17, 15) is 0 Å². The molecule has 1 aromatic heterocycles. The maximum Gasteiger partial charge on any atom is 0.183 e. The Hall–Kier alpha value is -2.65. The monoisotopic (exact) mass is 295 g/mol. The lowest BCUT2D eigenvalue weighted by Crippen LogP contribution is -2.41. The average molecular weight is 295 g/mol. The lowest BCUT2D eigenvalue weighted by molar-refractivity contribution is 0.0532. The van der Waals surface area contributed by atoms with Gasteiger partial charge in [-0.25, -0.2) is 9.97 Å². The van der Waals surface area contributed by atoms with E-state index in [4.69, 9.17) is 10.00 Å². The summed E-state index contributed by atoms with van der Waals surface area (Å²) in [6.45, 7) is 4.64. The molecule has 6 heteroatoms. The molecule has 3 rings (SSSR count). The van der Waals surface area contributed by atoms with Crippen molar-refractivity contribution in [2.24, 2.45) is 0 Å². The van der Waals surface area contributed by atoms with Crippen LogP contribution in [0.2, 0.25) is 0 Å². The molecule has 2 aromatic rings. The highest BCUT2D eigenvalue weighted by molar-refractivity contribution is 5.63. The van der Waals surface area contributed by atoms with Crippen molar-refractivity contribution in [2.45, 2.75) is 13.0 Å². The second-order valence-corrected chi connectivity index (χ2v) is 5.16. The van der Waals surface area contributed by atoms with Gasteiger partial charge in [-0.15, -0.1) is 0 Å². The fourth-order valence-electron chi connectivity index (χ4n) is 2.46. The number of benzene rings is 1. The first-order chi connectivity index (χ1) is 10.8. The number of hydrogen-bond acceptors (Lipinski definition) is 6. The Morgan fingerprint density at radius 2 is 2.05 bits per heavy atom. The van der Waals surface area contributed by atoms with E-state index in [1.165, 1.54) is 11.9 Å². The van der Waals surface area contributed by atoms with Crippen molar-refractivity contribution in [3.63, 3.8) is 0 Å². The number of morpholine rings is 1. The molecule has 0 aliphatic carbocycles. The molecular formula is C16H17N5O. The van der Waals surface area contributed by atoms with Gasteiger partial charge in [0.2, 0.25) is 0 Å². The van der Waals surface area contributed by atoms with Crippen molar-refractivity contribution in [2.75, 3.05) is 29.9 Å². The maximum atomic E-state index is 9.02. The number of nitriles is 1. The molecule has 1 aliphatic heterocycles. The zero-order chi connectivity index (χ0) is 15.4. The van der Waals surface area contributed by atoms with E-state index >= 15 is 0 Å². The third-order valence-electron chi connectivity index (χ3n) is 3.54. The first-order valence-corrected chi connectivity index (χ1v) is 7.21. The predicted octanol–water partition coefficient (Wildman–Crippen LogP) is 2.32. The smallest absolute Gasteiger partial charge is 0.183 e. The SMILES string of the molecule is CC1CN(c2ccc(Nc3nccnc3C#N)cc2)CCO1. The molecule has 1 unspecified atom stereocenters. The van der Waals surface area contributed by atoms with Crippen LogP contribution in [-0.2, 0) is 4.74 Å². The van der Waals surface area contributed by atoms with Gasteiger partial charge < -0.3 is 15.0 Å². The van der Waals surface area contributed by atoms with Gasteiger partial charge in [-0.1, -0.05) is 0 Å². The van der Waals surface area contributed by atoms with Crippen molar-refractivity contribution in [1.82, 2.24) is 9.97 Å². The van der Waals surface area contributed by atoms with Crippen molar-refractivity contribution >= 4 is 17.2 Å². The molecule has 1 aliphatic rings. The highest BCUT2D eigenvalue weighted by Gasteiger charge is 2.16. The number of nitrogens with zero attached hydrogens (tertiary/aromatic N) is 4. The Morgan fingerprint density at radius 1 is 1.27 bits per heavy atom. The van der Waals surface area contributed by atoms with Gasteiger partial charge in [0.05, 0.1) is 12.7 Å². The summed E-state index contributed by atoms with van der Waals surface area (Å²) in [6.07, 6.45) is 3.32. The van der Waals surface area contributed by atoms with Gasteiger partial charge in [-0.05, 0) is 31.2 Å². The largest absolute Gasteiger partial charge is 0.375 e. The summed E-state index contributed by atoms with van der Waals surface area (Å²) >= 11 is 0. The quantitative estimate of drug-likeness (QED) is 0.936. The van der Waals surface area contributed by atoms with Crippen LogP contribution in [0.25, 0.3) is 0 Å². The number of hydrogen-bond donors (Lipinski definition) is 1. The molecule has 2 heterocycles. The van der Waals surface area contributed by atoms with E-state index in [1.807, 2.05) is 18.2 Å². The maximum absolute atomic E-state index is 9.02. The van der Waals surface area contributed by atoms with E-state index in [1.54, 1.807) is 6.20 Å². The zero-order valence-electron chi connectivity index (χ0n) is 12.4. The lowest BCUT2D eigenvalue weighted by atomic mass is 10.2. The number of ether oxygens (including phenoxy) is 1. The van der Waals surface area contributed by atoms with E-state index in [0.717, 1.165) is 25.4 Å². The summed E-state index contributed by atoms with van der Waals surface area (Å²) < 4.78 is 5.56. The molecule has 0 saturated carbocycles. The van der Waals surface area contributed by atoms with Gasteiger partial charge in [-0.2, -0.15) is 5.26 Å². The minimum Gasteiger partial charge on any atom is -0.375 e. The van der Waals surface area contributed by atoms with Crippen LogP contribution in [0.1, 0.15) is 12.6 Å². The Labute approximate surface area is 129 Å². The summed E-state index contributed by atoms with van der Waals surface area (Å²) in [5.41, 5.74) is 2.33. The third kappa shape index (κ3) is 3.15. The van der Waals surface area contributed by atoms with Crippen LogP contribution < -0.4 is 10.2 Å². The van der Waals surface area contributed by atoms with Gasteiger partial charge in [0.25, 0.3) is 0 Å². The number of aromatic nitrogens is 2. The molecule has 112 valence electrons. The molecule has 22 heavy (non-hydrogen) atoms. The molecule has 6 nitrogen and oxygen atoms in total. The van der Waals surface area contributed by atoms with Gasteiger partial charge >= 0.3 is 0 Å². The topological polar surface area (TPSA) is 74.1 Å². The summed E-state index contributed by atoms with van der Waals surface area (Å²) in [5.74, 6) is 0.470. The minimum atomic E-state index is 0.254. The van der Waals surface area contributed by atoms with Crippen molar-refractivity contribution in [1.29, 1.82) is 5.26 Å². The summed E-state index contributed by atoms with van der Waals surface area (Å²) in [6, 6.07) is 10.1. The standard InChI is InChI=1S/C16H17N5O/c1-12-11-21(8-9-22-12)14-4-2-13(3-5-14)20-16-15(10-17)18-6-7-19-16/h2-7,12H,8-9,11H2,1H3,(H,19,20). The van der Waals surface area contributed by atoms with Crippen molar-refractivity contribution in [3.05, 3.63) is 42.4 Å². The van der Waals surface area contributed by atoms with Gasteiger partial charge in [0.1, 0.15) is 6.07 Å². The fraction of sp³-hybridized carbons (Fsp3) is 0.312. The second-order valence-electron chi connectivity index (χ2n) is 5.16. The summed E-state index contributed by atoms with van der Waals surface area (Å²) in [7, 11) is 0. The van der Waals surface area contributed by atoms with Gasteiger partial charge in [-0.3, -0.25) is 0 Å². The molecule has 1 saturated heterocycles. The molecule has 1 N–H and O–H groups in total. The van der Waals surface area contributed by atoms with Crippen LogP contribution in [0.5, 0.6) is 0 Å². The van der Waals surface area contributed by atoms with Crippen LogP contribution in [-0.4, -0.2) is 35.8 Å². The van der Waals surface area contributed by atoms with E-state index in [-0.39, 0.29) is 11.8 Å². The lowest BCUT2D eigenvalue weighted by Gasteiger charge is -2.33. The molecule has 0 spiro atoms. The normalized spacial score (nSPS) is 17.8. The van der Waals surface area contributed by atoms with Crippen LogP contribution in [0.15, 0.2) is 36.7 Å². The van der Waals surface area contributed by atoms with E-state index in [0.29, 0.717) is 5.82 Å². The zero-order valence-corrected chi connectivity index (χ0v) is 12.4. The third-order valence-corrected chi connectivity index (χ3v) is 3.54. The molecule has 1 fully saturated rings. The van der Waals surface area contributed by atoms with Crippen LogP contribution in [0.4, 0.5) is 17.2 Å². The van der Waals surface area contributed by atoms with Crippen LogP contribution in [0, 0.1) is 11.3 Å². The van der Waals surface area contributed by atoms with E-state index < -0.39 is 0 Å². The average Bonchev–Trinajstić information content (AvgIpc) is 2.56. The van der Waals surface area contributed by atoms with Crippen molar-refractivity contribution in [3.8, 4) is 6.07 Å². The van der Waals surface area contributed by atoms with Crippen molar-refractivity contribution < 1.29 is 4.74 Å². The molecule has 0 amide bonds. The van der Waals surface area contributed by atoms with E-state index in [2.05, 4.69) is 39.2 Å². The number of rotatable bonds is 3. The number of anilines is 3. The Balaban J connectivity index is 1.73. The Morgan fingerprint density at radius 3 is 2.77 bits per heavy atom. The number of nitrogens with one attached hydrogen (secondary N) is 1. The first kappa shape index (κ1) is 14.3. The fourth-order valence-corrected chi connectivity index (χ4v) is 2.46. The summed E-state index contributed by atoms with van der Waals surface area (Å²) in [5, 5.41) is 12.1. The Kier molecular flexibility index (Phi) is 4.17. The highest BCUT2D eigenvalue weighted by atomic mass is 16.5. The molecular weight excluding hydrogens is 278 g/mol. The Bertz CT molecular complexity index is 680. The highest BCUT2D eigenvalue weighted by Crippen LogP contribution is 2.22. The second kappa shape index (κ2) is 6.41. The van der Waals surface area contributed by atoms with Gasteiger partial charge in [0.15, 0.2) is 11.5 Å². The van der Waals surface area contributed by atoms with Crippen LogP contribution in [0.3, 0.4) is 0 Å². The molecule has 0 radical (unpaired) electrons. The first-order valence-electron chi connectivity index (χ1n) is 7.21. The van der Waals surface area contributed by atoms with Crippen LogP contribution >= 0.6 is 0 Å².